The van der Waals surface area contributed by atoms with E-state index in [1.54, 1.807) is 47.2 Å². The number of carbonyl (C=O) groups excluding carboxylic acids is 1. The maximum atomic E-state index is 12.2. The monoisotopic (exact) mass is 459 g/mol. The van der Waals surface area contributed by atoms with Crippen LogP contribution in [0.1, 0.15) is 22.5 Å². The number of carbonyl (C=O) groups is 1. The van der Waals surface area contributed by atoms with E-state index in [1.807, 2.05) is 24.3 Å². The molecule has 3 rings (SSSR count). The molecule has 0 radical (unpaired) electrons. The first-order valence-electron chi connectivity index (χ1n) is 10.3. The second-order valence-electron chi connectivity index (χ2n) is 7.16. The van der Waals surface area contributed by atoms with Crippen LogP contribution in [0.25, 0.3) is 24.3 Å². The van der Waals surface area contributed by atoms with Crippen LogP contribution in [0.3, 0.4) is 0 Å². The molecule has 3 N–H and O–H groups in total. The molecule has 0 saturated carbocycles. The van der Waals surface area contributed by atoms with Gasteiger partial charge in [-0.05, 0) is 53.6 Å². The summed E-state index contributed by atoms with van der Waals surface area (Å²) in [4.78, 5) is 12.2. The zero-order chi connectivity index (χ0) is 24.5. The number of phenolic OH excluding ortho intramolecular Hbond substituents is 2. The van der Waals surface area contributed by atoms with Crippen LogP contribution in [0.4, 0.5) is 0 Å². The van der Waals surface area contributed by atoms with E-state index in [0.29, 0.717) is 22.9 Å². The highest BCUT2D eigenvalue weighted by Gasteiger charge is 2.09. The van der Waals surface area contributed by atoms with Gasteiger partial charge < -0.3 is 25.0 Å². The van der Waals surface area contributed by atoms with Crippen molar-refractivity contribution in [1.29, 1.82) is 0 Å². The Bertz CT molecular complexity index is 1270. The highest BCUT2D eigenvalue weighted by atomic mass is 16.5. The number of nitrogens with one attached hydrogen (secondary N) is 1. The lowest BCUT2D eigenvalue weighted by Crippen LogP contribution is -2.28. The number of amides is 1. The molecule has 34 heavy (non-hydrogen) atoms. The molecule has 0 aliphatic heterocycles. The number of aromatic hydroxyl groups is 2. The van der Waals surface area contributed by atoms with E-state index in [4.69, 9.17) is 15.9 Å². The van der Waals surface area contributed by atoms with Crippen molar-refractivity contribution in [2.75, 3.05) is 20.8 Å². The Balaban J connectivity index is 1.89. The van der Waals surface area contributed by atoms with Crippen LogP contribution in [-0.4, -0.2) is 46.7 Å². The summed E-state index contributed by atoms with van der Waals surface area (Å²) in [5.41, 5.74) is 2.92. The predicted octanol–water partition coefficient (Wildman–Crippen LogP) is 3.40. The van der Waals surface area contributed by atoms with E-state index < -0.39 is 0 Å². The fourth-order valence-electron chi connectivity index (χ4n) is 3.09. The van der Waals surface area contributed by atoms with Crippen LogP contribution in [-0.2, 0) is 11.3 Å². The average molecular weight is 460 g/mol. The number of aromatic nitrogens is 2. The normalized spacial score (nSPS) is 11.0. The van der Waals surface area contributed by atoms with Gasteiger partial charge in [0.1, 0.15) is 6.54 Å². The Labute approximate surface area is 197 Å². The van der Waals surface area contributed by atoms with Gasteiger partial charge in [-0.15, -0.1) is 6.42 Å². The lowest BCUT2D eigenvalue weighted by Gasteiger charge is -2.05. The molecule has 0 aliphatic carbocycles. The summed E-state index contributed by atoms with van der Waals surface area (Å²) in [6.07, 6.45) is 12.5. The summed E-state index contributed by atoms with van der Waals surface area (Å²) < 4.78 is 11.9. The molecular formula is C26H25N3O5. The summed E-state index contributed by atoms with van der Waals surface area (Å²) in [6, 6.07) is 11.8. The number of terminal acetylenes is 1. The van der Waals surface area contributed by atoms with Crippen molar-refractivity contribution in [3.8, 4) is 35.3 Å². The minimum atomic E-state index is -0.263. The Morgan fingerprint density at radius 3 is 2.15 bits per heavy atom. The third kappa shape index (κ3) is 6.20. The van der Waals surface area contributed by atoms with E-state index in [2.05, 4.69) is 16.3 Å². The lowest BCUT2D eigenvalue weighted by molar-refractivity contribution is -0.121. The van der Waals surface area contributed by atoms with Crippen LogP contribution in [0.5, 0.6) is 23.0 Å². The Hall–Kier alpha value is -4.64. The number of hydrogen-bond acceptors (Lipinski definition) is 6. The maximum absolute atomic E-state index is 12.2. The molecule has 1 amide bonds. The fraction of sp³-hybridized carbons (Fsp3) is 0.154. The lowest BCUT2D eigenvalue weighted by atomic mass is 10.1. The van der Waals surface area contributed by atoms with Crippen LogP contribution in [0.2, 0.25) is 0 Å². The van der Waals surface area contributed by atoms with Gasteiger partial charge in [-0.2, -0.15) is 5.10 Å². The highest BCUT2D eigenvalue weighted by molar-refractivity contribution is 5.78. The molecule has 1 aromatic heterocycles. The molecule has 0 unspecified atom stereocenters. The smallest absolute Gasteiger partial charge is 0.242 e. The van der Waals surface area contributed by atoms with E-state index in [1.165, 1.54) is 14.2 Å². The minimum Gasteiger partial charge on any atom is -0.504 e. The molecule has 0 spiro atoms. The van der Waals surface area contributed by atoms with E-state index in [-0.39, 0.29) is 30.5 Å². The molecule has 174 valence electrons. The number of hydrogen-bond donors (Lipinski definition) is 3. The van der Waals surface area contributed by atoms with E-state index in [9.17, 15) is 15.0 Å². The quantitative estimate of drug-likeness (QED) is 0.424. The van der Waals surface area contributed by atoms with E-state index >= 15 is 0 Å². The largest absolute Gasteiger partial charge is 0.504 e. The zero-order valence-electron chi connectivity index (χ0n) is 18.9. The highest BCUT2D eigenvalue weighted by Crippen LogP contribution is 2.28. The molecule has 0 fully saturated rings. The summed E-state index contributed by atoms with van der Waals surface area (Å²) in [5, 5.41) is 26.7. The molecule has 8 heteroatoms. The van der Waals surface area contributed by atoms with Gasteiger partial charge in [-0.3, -0.25) is 9.48 Å². The van der Waals surface area contributed by atoms with Crippen molar-refractivity contribution in [3.05, 3.63) is 65.0 Å². The van der Waals surface area contributed by atoms with Crippen molar-refractivity contribution in [1.82, 2.24) is 15.1 Å². The van der Waals surface area contributed by atoms with E-state index in [0.717, 1.165) is 11.1 Å². The second kappa shape index (κ2) is 11.3. The second-order valence-corrected chi connectivity index (χ2v) is 7.16. The molecule has 0 bridgehead atoms. The average Bonchev–Trinajstić information content (AvgIpc) is 3.22. The van der Waals surface area contributed by atoms with Gasteiger partial charge in [0.25, 0.3) is 0 Å². The molecule has 3 aromatic rings. The van der Waals surface area contributed by atoms with Gasteiger partial charge in [0.2, 0.25) is 5.91 Å². The number of phenols is 2. The SMILES string of the molecule is C#CCNC(=O)Cn1nc(/C=C/c2ccc(O)c(OC)c2)cc1/C=C/c1ccc(O)c(OC)c1. The van der Waals surface area contributed by atoms with Crippen molar-refractivity contribution in [2.45, 2.75) is 6.54 Å². The molecule has 1 heterocycles. The zero-order valence-corrected chi connectivity index (χ0v) is 18.9. The third-order valence-corrected chi connectivity index (χ3v) is 4.81. The minimum absolute atomic E-state index is 0.0128. The maximum Gasteiger partial charge on any atom is 0.242 e. The third-order valence-electron chi connectivity index (χ3n) is 4.81. The van der Waals surface area contributed by atoms with Gasteiger partial charge >= 0.3 is 0 Å². The van der Waals surface area contributed by atoms with Gasteiger partial charge in [0.15, 0.2) is 23.0 Å². The first-order chi connectivity index (χ1) is 16.4. The van der Waals surface area contributed by atoms with Crippen molar-refractivity contribution >= 4 is 30.2 Å². The topological polar surface area (TPSA) is 106 Å². The van der Waals surface area contributed by atoms with Crippen LogP contribution in [0.15, 0.2) is 42.5 Å². The summed E-state index contributed by atoms with van der Waals surface area (Å²) >= 11 is 0. The van der Waals surface area contributed by atoms with Gasteiger partial charge in [0, 0.05) is 0 Å². The predicted molar refractivity (Wildman–Crippen MR) is 131 cm³/mol. The standard InChI is InChI=1S/C26H25N3O5/c1-4-13-27-26(32)17-29-21(10-6-19-8-12-23(31)25(15-19)34-3)16-20(28-29)9-5-18-7-11-22(30)24(14-18)33-2/h1,5-12,14-16,30-31H,13,17H2,2-3H3,(H,27,32)/b9-5+,10-6+. The molecule has 2 aromatic carbocycles. The van der Waals surface area contributed by atoms with Crippen molar-refractivity contribution < 1.29 is 24.5 Å². The summed E-state index contributed by atoms with van der Waals surface area (Å²) in [5.74, 6) is 2.94. The van der Waals surface area contributed by atoms with Crippen molar-refractivity contribution in [3.63, 3.8) is 0 Å². The number of rotatable bonds is 9. The molecule has 0 aliphatic rings. The number of ether oxygens (including phenoxy) is 2. The van der Waals surface area contributed by atoms with Crippen molar-refractivity contribution in [2.24, 2.45) is 0 Å². The Kier molecular flexibility index (Phi) is 7.97. The number of nitrogens with zero attached hydrogens (tertiary/aromatic N) is 2. The summed E-state index contributed by atoms with van der Waals surface area (Å²) in [6.45, 7) is 0.120. The summed E-state index contributed by atoms with van der Waals surface area (Å²) in [7, 11) is 2.96. The van der Waals surface area contributed by atoms with Gasteiger partial charge in [0.05, 0.1) is 32.2 Å². The Morgan fingerprint density at radius 1 is 1.00 bits per heavy atom. The number of methoxy groups -OCH3 is 2. The van der Waals surface area contributed by atoms with Crippen LogP contribution in [0, 0.1) is 12.3 Å². The van der Waals surface area contributed by atoms with Gasteiger partial charge in [-0.25, -0.2) is 0 Å². The van der Waals surface area contributed by atoms with Gasteiger partial charge in [-0.1, -0.05) is 30.2 Å². The molecular weight excluding hydrogens is 434 g/mol. The molecule has 0 atom stereocenters. The Morgan fingerprint density at radius 2 is 1.59 bits per heavy atom. The van der Waals surface area contributed by atoms with Crippen LogP contribution < -0.4 is 14.8 Å². The first-order valence-corrected chi connectivity index (χ1v) is 10.3. The fourth-order valence-corrected chi connectivity index (χ4v) is 3.09. The molecule has 0 saturated heterocycles. The number of benzene rings is 2. The van der Waals surface area contributed by atoms with Crippen LogP contribution >= 0.6 is 0 Å². The first kappa shape index (κ1) is 24.0. The molecule has 8 nitrogen and oxygen atoms in total.